The standard InChI is InChI=1S/C17H19N5O2/c1-4-15(23)17-14(19-16-8-9-18-21(16)2)11-22(20-17)12-6-5-7-13(10-12)24-3/h5-11,19H,4H2,1-3H3. The molecule has 2 aromatic heterocycles. The van der Waals surface area contributed by atoms with Crippen molar-refractivity contribution in [3.8, 4) is 11.4 Å². The number of nitrogens with zero attached hydrogens (tertiary/aromatic N) is 4. The van der Waals surface area contributed by atoms with Crippen LogP contribution in [0.4, 0.5) is 11.5 Å². The van der Waals surface area contributed by atoms with Gasteiger partial charge < -0.3 is 10.1 Å². The number of hydrogen-bond donors (Lipinski definition) is 1. The third-order valence-corrected chi connectivity index (χ3v) is 3.70. The Morgan fingerprint density at radius 2 is 2.17 bits per heavy atom. The Labute approximate surface area is 139 Å². The molecule has 124 valence electrons. The van der Waals surface area contributed by atoms with E-state index in [1.165, 1.54) is 0 Å². The molecule has 0 spiro atoms. The van der Waals surface area contributed by atoms with Gasteiger partial charge in [-0.1, -0.05) is 13.0 Å². The van der Waals surface area contributed by atoms with Gasteiger partial charge in [-0.05, 0) is 12.1 Å². The van der Waals surface area contributed by atoms with E-state index in [0.717, 1.165) is 17.3 Å². The van der Waals surface area contributed by atoms with E-state index in [0.29, 0.717) is 17.8 Å². The first kappa shape index (κ1) is 15.8. The Morgan fingerprint density at radius 3 is 2.83 bits per heavy atom. The van der Waals surface area contributed by atoms with Gasteiger partial charge in [0.1, 0.15) is 11.6 Å². The topological polar surface area (TPSA) is 74.0 Å². The lowest BCUT2D eigenvalue weighted by atomic mass is 10.2. The Bertz CT molecular complexity index is 866. The molecule has 0 saturated carbocycles. The van der Waals surface area contributed by atoms with Gasteiger partial charge in [-0.3, -0.25) is 9.48 Å². The summed E-state index contributed by atoms with van der Waals surface area (Å²) in [5.41, 5.74) is 1.87. The highest BCUT2D eigenvalue weighted by molar-refractivity contribution is 5.99. The Hall–Kier alpha value is -3.09. The summed E-state index contributed by atoms with van der Waals surface area (Å²) in [4.78, 5) is 12.3. The van der Waals surface area contributed by atoms with Crippen molar-refractivity contribution in [1.82, 2.24) is 19.6 Å². The van der Waals surface area contributed by atoms with Crippen LogP contribution in [0.3, 0.4) is 0 Å². The van der Waals surface area contributed by atoms with Crippen LogP contribution in [0.5, 0.6) is 5.75 Å². The van der Waals surface area contributed by atoms with Crippen molar-refractivity contribution in [2.75, 3.05) is 12.4 Å². The first-order chi connectivity index (χ1) is 11.6. The molecule has 0 radical (unpaired) electrons. The average Bonchev–Trinajstić information content (AvgIpc) is 3.21. The number of aromatic nitrogens is 4. The van der Waals surface area contributed by atoms with Gasteiger partial charge in [0.15, 0.2) is 11.5 Å². The molecule has 0 bridgehead atoms. The Kier molecular flexibility index (Phi) is 4.33. The van der Waals surface area contributed by atoms with Gasteiger partial charge in [-0.25, -0.2) is 4.68 Å². The minimum absolute atomic E-state index is 0.0266. The molecule has 2 heterocycles. The molecule has 0 aliphatic rings. The lowest BCUT2D eigenvalue weighted by molar-refractivity contribution is 0.0984. The van der Waals surface area contributed by atoms with Gasteiger partial charge in [0, 0.05) is 25.6 Å². The number of Topliss-reactive ketones (excluding diaryl/α,β-unsaturated/α-hetero) is 1. The number of hydrogen-bond acceptors (Lipinski definition) is 5. The molecule has 0 amide bonds. The number of carbonyl (C=O) groups is 1. The third-order valence-electron chi connectivity index (χ3n) is 3.70. The second kappa shape index (κ2) is 6.57. The molecule has 0 atom stereocenters. The molecule has 3 rings (SSSR count). The number of anilines is 2. The van der Waals surface area contributed by atoms with Crippen LogP contribution in [0, 0.1) is 0 Å². The molecule has 7 heteroatoms. The number of nitrogens with one attached hydrogen (secondary N) is 1. The minimum atomic E-state index is -0.0266. The molecular formula is C17H19N5O2. The number of methoxy groups -OCH3 is 1. The summed E-state index contributed by atoms with van der Waals surface area (Å²) < 4.78 is 8.62. The van der Waals surface area contributed by atoms with Gasteiger partial charge in [0.05, 0.1) is 30.9 Å². The summed E-state index contributed by atoms with van der Waals surface area (Å²) >= 11 is 0. The van der Waals surface area contributed by atoms with E-state index in [1.54, 1.807) is 28.9 Å². The van der Waals surface area contributed by atoms with Crippen LogP contribution in [0.2, 0.25) is 0 Å². The molecule has 0 aliphatic heterocycles. The summed E-state index contributed by atoms with van der Waals surface area (Å²) in [6.45, 7) is 1.82. The maximum absolute atomic E-state index is 12.3. The van der Waals surface area contributed by atoms with Crippen molar-refractivity contribution in [1.29, 1.82) is 0 Å². The highest BCUT2D eigenvalue weighted by Gasteiger charge is 2.17. The number of carbonyl (C=O) groups excluding carboxylic acids is 1. The predicted molar refractivity (Wildman–Crippen MR) is 91.2 cm³/mol. The van der Waals surface area contributed by atoms with Crippen molar-refractivity contribution in [3.63, 3.8) is 0 Å². The van der Waals surface area contributed by atoms with Gasteiger partial charge >= 0.3 is 0 Å². The van der Waals surface area contributed by atoms with Crippen LogP contribution in [0.15, 0.2) is 42.7 Å². The van der Waals surface area contributed by atoms with Crippen molar-refractivity contribution < 1.29 is 9.53 Å². The molecule has 3 aromatic rings. The van der Waals surface area contributed by atoms with Crippen molar-refractivity contribution in [2.45, 2.75) is 13.3 Å². The summed E-state index contributed by atoms with van der Waals surface area (Å²) in [7, 11) is 3.44. The molecule has 0 saturated heterocycles. The molecule has 7 nitrogen and oxygen atoms in total. The average molecular weight is 325 g/mol. The molecular weight excluding hydrogens is 306 g/mol. The number of aryl methyl sites for hydroxylation is 1. The fourth-order valence-electron chi connectivity index (χ4n) is 2.36. The molecule has 24 heavy (non-hydrogen) atoms. The smallest absolute Gasteiger partial charge is 0.184 e. The van der Waals surface area contributed by atoms with Crippen LogP contribution in [0.25, 0.3) is 5.69 Å². The van der Waals surface area contributed by atoms with Crippen molar-refractivity contribution >= 4 is 17.3 Å². The minimum Gasteiger partial charge on any atom is -0.497 e. The molecule has 1 aromatic carbocycles. The van der Waals surface area contributed by atoms with Crippen LogP contribution in [-0.4, -0.2) is 32.5 Å². The van der Waals surface area contributed by atoms with E-state index in [1.807, 2.05) is 44.3 Å². The van der Waals surface area contributed by atoms with Crippen molar-refractivity contribution in [3.05, 3.63) is 48.4 Å². The zero-order valence-electron chi connectivity index (χ0n) is 13.9. The monoisotopic (exact) mass is 325 g/mol. The second-order valence-corrected chi connectivity index (χ2v) is 5.28. The molecule has 0 aliphatic carbocycles. The first-order valence-electron chi connectivity index (χ1n) is 7.64. The first-order valence-corrected chi connectivity index (χ1v) is 7.64. The highest BCUT2D eigenvalue weighted by atomic mass is 16.5. The van der Waals surface area contributed by atoms with Crippen LogP contribution >= 0.6 is 0 Å². The lowest BCUT2D eigenvalue weighted by Crippen LogP contribution is -2.05. The maximum atomic E-state index is 12.3. The Morgan fingerprint density at radius 1 is 1.33 bits per heavy atom. The third kappa shape index (κ3) is 3.01. The number of ether oxygens (including phenoxy) is 1. The maximum Gasteiger partial charge on any atom is 0.184 e. The second-order valence-electron chi connectivity index (χ2n) is 5.28. The number of ketones is 1. The van der Waals surface area contributed by atoms with Gasteiger partial charge in [0.25, 0.3) is 0 Å². The predicted octanol–water partition coefficient (Wildman–Crippen LogP) is 2.95. The van der Waals surface area contributed by atoms with Gasteiger partial charge in [-0.2, -0.15) is 10.2 Å². The fourth-order valence-corrected chi connectivity index (χ4v) is 2.36. The molecule has 0 fully saturated rings. The quantitative estimate of drug-likeness (QED) is 0.705. The highest BCUT2D eigenvalue weighted by Crippen LogP contribution is 2.24. The summed E-state index contributed by atoms with van der Waals surface area (Å²) in [6.07, 6.45) is 3.87. The SMILES string of the molecule is CCC(=O)c1nn(-c2cccc(OC)c2)cc1Nc1ccnn1C. The fraction of sp³-hybridized carbons (Fsp3) is 0.235. The number of rotatable bonds is 6. The molecule has 0 unspecified atom stereocenters. The van der Waals surface area contributed by atoms with E-state index in [-0.39, 0.29) is 5.78 Å². The van der Waals surface area contributed by atoms with Crippen LogP contribution in [0.1, 0.15) is 23.8 Å². The van der Waals surface area contributed by atoms with E-state index in [4.69, 9.17) is 4.74 Å². The van der Waals surface area contributed by atoms with E-state index >= 15 is 0 Å². The van der Waals surface area contributed by atoms with Crippen LogP contribution < -0.4 is 10.1 Å². The van der Waals surface area contributed by atoms with E-state index < -0.39 is 0 Å². The van der Waals surface area contributed by atoms with Gasteiger partial charge in [-0.15, -0.1) is 0 Å². The van der Waals surface area contributed by atoms with Gasteiger partial charge in [0.2, 0.25) is 0 Å². The van der Waals surface area contributed by atoms with Crippen LogP contribution in [-0.2, 0) is 7.05 Å². The zero-order valence-corrected chi connectivity index (χ0v) is 13.9. The summed E-state index contributed by atoms with van der Waals surface area (Å²) in [6, 6.07) is 9.35. The zero-order chi connectivity index (χ0) is 17.1. The van der Waals surface area contributed by atoms with E-state index in [2.05, 4.69) is 15.5 Å². The Balaban J connectivity index is 2.02. The van der Waals surface area contributed by atoms with E-state index in [9.17, 15) is 4.79 Å². The lowest BCUT2D eigenvalue weighted by Gasteiger charge is -2.05. The van der Waals surface area contributed by atoms with Crippen molar-refractivity contribution in [2.24, 2.45) is 7.05 Å². The summed E-state index contributed by atoms with van der Waals surface area (Å²) in [5.74, 6) is 1.49. The molecule has 1 N–H and O–H groups in total. The normalized spacial score (nSPS) is 10.6. The largest absolute Gasteiger partial charge is 0.497 e. The number of benzene rings is 1. The summed E-state index contributed by atoms with van der Waals surface area (Å²) in [5, 5.41) is 11.8.